The third kappa shape index (κ3) is 4.03. The van der Waals surface area contributed by atoms with Gasteiger partial charge in [0.25, 0.3) is 6.43 Å². The van der Waals surface area contributed by atoms with Gasteiger partial charge in [-0.25, -0.2) is 8.78 Å². The molecule has 0 amide bonds. The van der Waals surface area contributed by atoms with Crippen LogP contribution in [0.15, 0.2) is 0 Å². The van der Waals surface area contributed by atoms with E-state index in [1.54, 1.807) is 0 Å². The van der Waals surface area contributed by atoms with Crippen LogP contribution in [-0.4, -0.2) is 19.0 Å². The second kappa shape index (κ2) is 4.89. The van der Waals surface area contributed by atoms with Crippen molar-refractivity contribution in [3.63, 3.8) is 0 Å². The number of halogens is 2. The van der Waals surface area contributed by atoms with Gasteiger partial charge in [0.1, 0.15) is 0 Å². The second-order valence-electron chi connectivity index (χ2n) is 4.41. The largest absolute Gasteiger partial charge is 0.309 e. The molecule has 1 nitrogen and oxygen atoms in total. The molecule has 0 saturated heterocycles. The zero-order chi connectivity index (χ0) is 9.84. The molecule has 1 rings (SSSR count). The molecule has 0 aliphatic heterocycles. The van der Waals surface area contributed by atoms with Crippen LogP contribution in [-0.2, 0) is 0 Å². The molecule has 0 aromatic rings. The molecule has 2 unspecified atom stereocenters. The summed E-state index contributed by atoms with van der Waals surface area (Å²) in [5, 5.41) is 2.93. The first-order valence-electron chi connectivity index (χ1n) is 5.09. The van der Waals surface area contributed by atoms with E-state index < -0.39 is 6.43 Å². The average Bonchev–Trinajstić information content (AvgIpc) is 1.99. The molecule has 0 spiro atoms. The predicted molar refractivity (Wildman–Crippen MR) is 50.0 cm³/mol. The monoisotopic (exact) mass is 191 g/mol. The van der Waals surface area contributed by atoms with Crippen LogP contribution in [0.25, 0.3) is 0 Å². The van der Waals surface area contributed by atoms with Gasteiger partial charge in [0.05, 0.1) is 6.54 Å². The summed E-state index contributed by atoms with van der Waals surface area (Å²) in [5.41, 5.74) is 0. The van der Waals surface area contributed by atoms with Crippen molar-refractivity contribution in [3.05, 3.63) is 0 Å². The Hall–Kier alpha value is -0.180. The zero-order valence-corrected chi connectivity index (χ0v) is 8.39. The summed E-state index contributed by atoms with van der Waals surface area (Å²) in [6.07, 6.45) is 1.13. The Morgan fingerprint density at radius 1 is 1.15 bits per heavy atom. The molecule has 1 saturated carbocycles. The van der Waals surface area contributed by atoms with Crippen molar-refractivity contribution in [3.8, 4) is 0 Å². The van der Waals surface area contributed by atoms with Crippen LogP contribution in [0, 0.1) is 11.8 Å². The number of hydrogen-bond donors (Lipinski definition) is 1. The van der Waals surface area contributed by atoms with E-state index in [1.165, 1.54) is 6.42 Å². The van der Waals surface area contributed by atoms with Gasteiger partial charge in [0.2, 0.25) is 0 Å². The fourth-order valence-electron chi connectivity index (χ4n) is 2.37. The molecule has 1 fully saturated rings. The summed E-state index contributed by atoms with van der Waals surface area (Å²) in [6, 6.07) is 0.313. The Kier molecular flexibility index (Phi) is 4.10. The van der Waals surface area contributed by atoms with E-state index in [0.29, 0.717) is 17.9 Å². The van der Waals surface area contributed by atoms with Gasteiger partial charge in [-0.3, -0.25) is 0 Å². The summed E-state index contributed by atoms with van der Waals surface area (Å²) < 4.78 is 23.8. The van der Waals surface area contributed by atoms with Crippen molar-refractivity contribution >= 4 is 0 Å². The maximum atomic E-state index is 11.9. The summed E-state index contributed by atoms with van der Waals surface area (Å²) >= 11 is 0. The van der Waals surface area contributed by atoms with Crippen LogP contribution in [0.3, 0.4) is 0 Å². The van der Waals surface area contributed by atoms with E-state index in [4.69, 9.17) is 0 Å². The fourth-order valence-corrected chi connectivity index (χ4v) is 2.37. The van der Waals surface area contributed by atoms with Crippen LogP contribution in [0.2, 0.25) is 0 Å². The fraction of sp³-hybridized carbons (Fsp3) is 1.00. The molecule has 1 N–H and O–H groups in total. The highest BCUT2D eigenvalue weighted by atomic mass is 19.3. The summed E-state index contributed by atoms with van der Waals surface area (Å²) in [5.74, 6) is 1.36. The lowest BCUT2D eigenvalue weighted by atomic mass is 9.80. The topological polar surface area (TPSA) is 12.0 Å². The van der Waals surface area contributed by atoms with E-state index in [9.17, 15) is 8.78 Å². The molecule has 1 aliphatic carbocycles. The highest BCUT2D eigenvalue weighted by Gasteiger charge is 2.23. The summed E-state index contributed by atoms with van der Waals surface area (Å²) in [7, 11) is 0. The Morgan fingerprint density at radius 2 is 1.69 bits per heavy atom. The average molecular weight is 191 g/mol. The molecular formula is C10H19F2N. The Morgan fingerprint density at radius 3 is 2.15 bits per heavy atom. The zero-order valence-electron chi connectivity index (χ0n) is 8.39. The third-order valence-electron chi connectivity index (χ3n) is 2.74. The maximum absolute atomic E-state index is 11.9. The summed E-state index contributed by atoms with van der Waals surface area (Å²) in [4.78, 5) is 0. The van der Waals surface area contributed by atoms with E-state index >= 15 is 0 Å². The molecule has 0 aromatic heterocycles. The van der Waals surface area contributed by atoms with Gasteiger partial charge in [-0.2, -0.15) is 0 Å². The number of hydrogen-bond acceptors (Lipinski definition) is 1. The van der Waals surface area contributed by atoms with E-state index in [1.807, 2.05) is 0 Å². The maximum Gasteiger partial charge on any atom is 0.250 e. The molecule has 0 radical (unpaired) electrons. The third-order valence-corrected chi connectivity index (χ3v) is 2.74. The molecule has 3 heteroatoms. The number of nitrogens with one attached hydrogen (secondary N) is 1. The first-order valence-corrected chi connectivity index (χ1v) is 5.09. The molecule has 1 aliphatic rings. The smallest absolute Gasteiger partial charge is 0.250 e. The van der Waals surface area contributed by atoms with Gasteiger partial charge < -0.3 is 5.32 Å². The van der Waals surface area contributed by atoms with Crippen LogP contribution in [0.4, 0.5) is 8.78 Å². The van der Waals surface area contributed by atoms with Crippen LogP contribution < -0.4 is 5.32 Å². The van der Waals surface area contributed by atoms with Crippen molar-refractivity contribution in [2.45, 2.75) is 45.6 Å². The highest BCUT2D eigenvalue weighted by Crippen LogP contribution is 2.28. The molecular weight excluding hydrogens is 172 g/mol. The Bertz CT molecular complexity index is 140. The summed E-state index contributed by atoms with van der Waals surface area (Å²) in [6.45, 7) is 4.25. The van der Waals surface area contributed by atoms with E-state index in [-0.39, 0.29) is 6.54 Å². The second-order valence-corrected chi connectivity index (χ2v) is 4.41. The lowest BCUT2D eigenvalue weighted by molar-refractivity contribution is 0.130. The minimum Gasteiger partial charge on any atom is -0.309 e. The van der Waals surface area contributed by atoms with Gasteiger partial charge in [0, 0.05) is 6.04 Å². The van der Waals surface area contributed by atoms with Crippen molar-refractivity contribution < 1.29 is 8.78 Å². The molecule has 13 heavy (non-hydrogen) atoms. The molecule has 2 atom stereocenters. The lowest BCUT2D eigenvalue weighted by Crippen LogP contribution is -2.38. The Balaban J connectivity index is 2.25. The van der Waals surface area contributed by atoms with Gasteiger partial charge in [0.15, 0.2) is 0 Å². The number of rotatable bonds is 3. The Labute approximate surface area is 78.9 Å². The van der Waals surface area contributed by atoms with Gasteiger partial charge >= 0.3 is 0 Å². The first kappa shape index (κ1) is 10.9. The van der Waals surface area contributed by atoms with Gasteiger partial charge in [-0.1, -0.05) is 13.8 Å². The van der Waals surface area contributed by atoms with Crippen LogP contribution >= 0.6 is 0 Å². The molecule has 0 heterocycles. The van der Waals surface area contributed by atoms with Crippen molar-refractivity contribution in [2.24, 2.45) is 11.8 Å². The minimum atomic E-state index is -2.22. The SMILES string of the molecule is CC1CC(C)CC(NCC(F)F)C1. The molecule has 0 aromatic carbocycles. The van der Waals surface area contributed by atoms with Gasteiger partial charge in [-0.05, 0) is 31.1 Å². The standard InChI is InChI=1S/C10H19F2N/c1-7-3-8(2)5-9(4-7)13-6-10(11)12/h7-10,13H,3-6H2,1-2H3. The van der Waals surface area contributed by atoms with Crippen LogP contribution in [0.5, 0.6) is 0 Å². The van der Waals surface area contributed by atoms with Crippen molar-refractivity contribution in [1.29, 1.82) is 0 Å². The van der Waals surface area contributed by atoms with E-state index in [2.05, 4.69) is 19.2 Å². The molecule has 78 valence electrons. The predicted octanol–water partition coefficient (Wildman–Crippen LogP) is 2.67. The first-order chi connectivity index (χ1) is 6.08. The lowest BCUT2D eigenvalue weighted by Gasteiger charge is -2.32. The normalized spacial score (nSPS) is 35.3. The quantitative estimate of drug-likeness (QED) is 0.723. The minimum absolute atomic E-state index is 0.149. The van der Waals surface area contributed by atoms with E-state index in [0.717, 1.165) is 12.8 Å². The van der Waals surface area contributed by atoms with Gasteiger partial charge in [-0.15, -0.1) is 0 Å². The van der Waals surface area contributed by atoms with Crippen LogP contribution in [0.1, 0.15) is 33.1 Å². The highest BCUT2D eigenvalue weighted by molar-refractivity contribution is 4.79. The van der Waals surface area contributed by atoms with Crippen molar-refractivity contribution in [1.82, 2.24) is 5.32 Å². The van der Waals surface area contributed by atoms with Crippen molar-refractivity contribution in [2.75, 3.05) is 6.54 Å². The number of alkyl halides is 2. The molecule has 0 bridgehead atoms.